The normalized spacial score (nSPS) is 12.5. The van der Waals surface area contributed by atoms with Crippen LogP contribution >= 0.6 is 31.9 Å². The van der Waals surface area contributed by atoms with Gasteiger partial charge in [-0.25, -0.2) is 13.2 Å². The van der Waals surface area contributed by atoms with Crippen molar-refractivity contribution in [3.8, 4) is 0 Å². The van der Waals surface area contributed by atoms with Crippen LogP contribution in [0.5, 0.6) is 0 Å². The quantitative estimate of drug-likeness (QED) is 0.617. The van der Waals surface area contributed by atoms with E-state index in [1.54, 1.807) is 6.07 Å². The summed E-state index contributed by atoms with van der Waals surface area (Å²) in [5.74, 6) is -1.65. The van der Waals surface area contributed by atoms with Gasteiger partial charge >= 0.3 is 0 Å². The van der Waals surface area contributed by atoms with E-state index >= 15 is 0 Å². The summed E-state index contributed by atoms with van der Waals surface area (Å²) in [6.07, 6.45) is 0. The van der Waals surface area contributed by atoms with Gasteiger partial charge in [0.15, 0.2) is 0 Å². The van der Waals surface area contributed by atoms with E-state index in [0.717, 1.165) is 18.2 Å². The Morgan fingerprint density at radius 1 is 0.944 bits per heavy atom. The molecule has 2 rings (SSSR count). The van der Waals surface area contributed by atoms with Crippen LogP contribution in [0.15, 0.2) is 40.9 Å². The summed E-state index contributed by atoms with van der Waals surface area (Å²) in [7, 11) is 0. The molecule has 0 aliphatic rings. The molecular weight excluding hydrogens is 373 g/mol. The Kier molecular flexibility index (Phi) is 4.12. The van der Waals surface area contributed by atoms with Crippen LogP contribution in [0.4, 0.5) is 13.2 Å². The van der Waals surface area contributed by atoms with Crippen LogP contribution in [0.25, 0.3) is 0 Å². The predicted octanol–water partition coefficient (Wildman–Crippen LogP) is 5.35. The van der Waals surface area contributed by atoms with Gasteiger partial charge in [-0.05, 0) is 30.3 Å². The topological polar surface area (TPSA) is 0 Å². The Labute approximate surface area is 119 Å². The summed E-state index contributed by atoms with van der Waals surface area (Å²) in [5.41, 5.74) is 0.294. The average Bonchev–Trinajstić information content (AvgIpc) is 2.32. The summed E-state index contributed by atoms with van der Waals surface area (Å²) in [6.45, 7) is 0. The van der Waals surface area contributed by atoms with Crippen LogP contribution < -0.4 is 0 Å². The highest BCUT2D eigenvalue weighted by Gasteiger charge is 2.21. The molecule has 94 valence electrons. The molecule has 18 heavy (non-hydrogen) atoms. The number of alkyl halides is 1. The summed E-state index contributed by atoms with van der Waals surface area (Å²) >= 11 is 6.41. The number of benzene rings is 2. The molecule has 0 saturated carbocycles. The van der Waals surface area contributed by atoms with Crippen molar-refractivity contribution >= 4 is 31.9 Å². The van der Waals surface area contributed by atoms with Crippen molar-refractivity contribution in [2.24, 2.45) is 0 Å². The van der Waals surface area contributed by atoms with Crippen molar-refractivity contribution in [1.82, 2.24) is 0 Å². The minimum Gasteiger partial charge on any atom is -0.207 e. The van der Waals surface area contributed by atoms with E-state index in [1.807, 2.05) is 0 Å². The minimum atomic E-state index is -0.760. The maximum Gasteiger partial charge on any atom is 0.129 e. The predicted molar refractivity (Wildman–Crippen MR) is 71.2 cm³/mol. The van der Waals surface area contributed by atoms with E-state index in [0.29, 0.717) is 4.47 Å². The van der Waals surface area contributed by atoms with Gasteiger partial charge in [-0.2, -0.15) is 0 Å². The second-order valence-electron chi connectivity index (χ2n) is 3.66. The lowest BCUT2D eigenvalue weighted by molar-refractivity contribution is 0.581. The monoisotopic (exact) mass is 378 g/mol. The van der Waals surface area contributed by atoms with Crippen LogP contribution in [0, 0.1) is 17.5 Å². The molecule has 0 N–H and O–H groups in total. The molecule has 0 fully saturated rings. The Morgan fingerprint density at radius 3 is 2.33 bits per heavy atom. The Bertz CT molecular complexity index is 564. The lowest BCUT2D eigenvalue weighted by Gasteiger charge is -2.14. The van der Waals surface area contributed by atoms with E-state index in [2.05, 4.69) is 31.9 Å². The van der Waals surface area contributed by atoms with E-state index in [-0.39, 0.29) is 11.1 Å². The number of hydrogen-bond acceptors (Lipinski definition) is 0. The first-order chi connectivity index (χ1) is 8.50. The van der Waals surface area contributed by atoms with Gasteiger partial charge in [-0.3, -0.25) is 0 Å². The second-order valence-corrected chi connectivity index (χ2v) is 5.43. The van der Waals surface area contributed by atoms with Crippen LogP contribution in [-0.4, -0.2) is 0 Å². The fraction of sp³-hybridized carbons (Fsp3) is 0.0769. The minimum absolute atomic E-state index is 0.0563. The molecule has 0 saturated heterocycles. The highest BCUT2D eigenvalue weighted by molar-refractivity contribution is 9.11. The fourth-order valence-corrected chi connectivity index (χ4v) is 3.31. The van der Waals surface area contributed by atoms with Gasteiger partial charge in [-0.15, -0.1) is 0 Å². The molecule has 0 heterocycles. The van der Waals surface area contributed by atoms with Crippen molar-refractivity contribution in [2.45, 2.75) is 4.83 Å². The summed E-state index contributed by atoms with van der Waals surface area (Å²) in [5, 5.41) is 0. The van der Waals surface area contributed by atoms with Crippen molar-refractivity contribution in [3.05, 3.63) is 69.4 Å². The SMILES string of the molecule is Fc1ccc(F)c(C(Br)c2c(F)cccc2Br)c1. The van der Waals surface area contributed by atoms with Gasteiger partial charge < -0.3 is 0 Å². The first kappa shape index (κ1) is 13.6. The molecule has 0 radical (unpaired) electrons. The molecule has 0 aliphatic heterocycles. The van der Waals surface area contributed by atoms with E-state index in [9.17, 15) is 13.2 Å². The van der Waals surface area contributed by atoms with E-state index in [1.165, 1.54) is 12.1 Å². The van der Waals surface area contributed by atoms with Gasteiger partial charge in [0, 0.05) is 15.6 Å². The van der Waals surface area contributed by atoms with Crippen LogP contribution in [0.2, 0.25) is 0 Å². The average molecular weight is 380 g/mol. The van der Waals surface area contributed by atoms with Crippen LogP contribution in [0.3, 0.4) is 0 Å². The van der Waals surface area contributed by atoms with Crippen molar-refractivity contribution < 1.29 is 13.2 Å². The zero-order valence-electron chi connectivity index (χ0n) is 8.93. The van der Waals surface area contributed by atoms with Crippen molar-refractivity contribution in [1.29, 1.82) is 0 Å². The third-order valence-electron chi connectivity index (χ3n) is 2.48. The molecule has 2 aromatic carbocycles. The molecule has 0 aromatic heterocycles. The smallest absolute Gasteiger partial charge is 0.129 e. The summed E-state index contributed by atoms with van der Waals surface area (Å²) < 4.78 is 41.0. The highest BCUT2D eigenvalue weighted by atomic mass is 79.9. The summed E-state index contributed by atoms with van der Waals surface area (Å²) in [6, 6.07) is 7.54. The molecular formula is C13H7Br2F3. The molecule has 0 amide bonds. The molecule has 0 spiro atoms. The zero-order chi connectivity index (χ0) is 13.3. The molecule has 0 bridgehead atoms. The van der Waals surface area contributed by atoms with Gasteiger partial charge in [0.05, 0.1) is 4.83 Å². The molecule has 1 unspecified atom stereocenters. The fourth-order valence-electron chi connectivity index (χ4n) is 1.62. The van der Waals surface area contributed by atoms with Gasteiger partial charge in [0.1, 0.15) is 17.5 Å². The van der Waals surface area contributed by atoms with Crippen molar-refractivity contribution in [3.63, 3.8) is 0 Å². The standard InChI is InChI=1S/C13H7Br2F3/c14-9-2-1-3-11(18)12(9)13(15)8-6-7(16)4-5-10(8)17/h1-6,13H. The Balaban J connectivity index is 2.54. The highest BCUT2D eigenvalue weighted by Crippen LogP contribution is 2.38. The van der Waals surface area contributed by atoms with Gasteiger partial charge in [0.2, 0.25) is 0 Å². The third kappa shape index (κ3) is 2.62. The largest absolute Gasteiger partial charge is 0.207 e. The first-order valence-electron chi connectivity index (χ1n) is 5.03. The molecule has 0 nitrogen and oxygen atoms in total. The third-order valence-corrected chi connectivity index (χ3v) is 4.13. The van der Waals surface area contributed by atoms with Crippen molar-refractivity contribution in [2.75, 3.05) is 0 Å². The maximum absolute atomic E-state index is 13.7. The van der Waals surface area contributed by atoms with E-state index < -0.39 is 22.3 Å². The number of hydrogen-bond donors (Lipinski definition) is 0. The first-order valence-corrected chi connectivity index (χ1v) is 6.74. The molecule has 2 aromatic rings. The lowest BCUT2D eigenvalue weighted by Crippen LogP contribution is -2.01. The van der Waals surface area contributed by atoms with Crippen LogP contribution in [-0.2, 0) is 0 Å². The molecule has 1 atom stereocenters. The number of rotatable bonds is 2. The summed E-state index contributed by atoms with van der Waals surface area (Å²) in [4.78, 5) is -0.760. The molecule has 0 aliphatic carbocycles. The van der Waals surface area contributed by atoms with Crippen LogP contribution in [0.1, 0.15) is 16.0 Å². The number of halogens is 5. The maximum atomic E-state index is 13.7. The Morgan fingerprint density at radius 2 is 1.67 bits per heavy atom. The van der Waals surface area contributed by atoms with Gasteiger partial charge in [0.25, 0.3) is 0 Å². The zero-order valence-corrected chi connectivity index (χ0v) is 12.1. The second kappa shape index (κ2) is 5.45. The lowest BCUT2D eigenvalue weighted by atomic mass is 10.0. The van der Waals surface area contributed by atoms with E-state index in [4.69, 9.17) is 0 Å². The van der Waals surface area contributed by atoms with Gasteiger partial charge in [-0.1, -0.05) is 37.9 Å². The molecule has 5 heteroatoms. The Hall–Kier alpha value is -0.810.